The van der Waals surface area contributed by atoms with Gasteiger partial charge in [-0.25, -0.2) is 4.79 Å². The molecule has 2 heterocycles. The van der Waals surface area contributed by atoms with E-state index in [0.29, 0.717) is 0 Å². The molecule has 1 N–H and O–H groups in total. The molecule has 2 aliphatic rings. The Balaban J connectivity index is 1.90. The molecule has 0 aromatic carbocycles. The summed E-state index contributed by atoms with van der Waals surface area (Å²) in [6.45, 7) is 6.66. The van der Waals surface area contributed by atoms with E-state index in [1.165, 1.54) is 6.42 Å². The maximum atomic E-state index is 12.1. The third kappa shape index (κ3) is 2.32. The van der Waals surface area contributed by atoms with E-state index in [4.69, 9.17) is 4.74 Å². The van der Waals surface area contributed by atoms with Gasteiger partial charge in [0.15, 0.2) is 0 Å². The second-order valence-electron chi connectivity index (χ2n) is 5.16. The summed E-state index contributed by atoms with van der Waals surface area (Å²) in [5, 5.41) is 3.14. The monoisotopic (exact) mass is 226 g/mol. The number of carbonyl (C=O) groups excluding carboxylic acids is 1. The lowest BCUT2D eigenvalue weighted by atomic mass is 9.95. The lowest BCUT2D eigenvalue weighted by Gasteiger charge is -2.34. The molecule has 2 aliphatic heterocycles. The SMILES string of the molecule is CC1OCCC1(C)NC(=O)N1CCCCC1. The van der Waals surface area contributed by atoms with E-state index in [-0.39, 0.29) is 17.7 Å². The minimum Gasteiger partial charge on any atom is -0.376 e. The number of rotatable bonds is 1. The number of amides is 2. The van der Waals surface area contributed by atoms with Crippen LogP contribution >= 0.6 is 0 Å². The first-order valence-corrected chi connectivity index (χ1v) is 6.30. The zero-order chi connectivity index (χ0) is 11.6. The third-order valence-corrected chi connectivity index (χ3v) is 3.92. The second-order valence-corrected chi connectivity index (χ2v) is 5.16. The van der Waals surface area contributed by atoms with Gasteiger partial charge in [0.05, 0.1) is 11.6 Å². The quantitative estimate of drug-likeness (QED) is 0.740. The van der Waals surface area contributed by atoms with Crippen molar-refractivity contribution < 1.29 is 9.53 Å². The number of nitrogens with zero attached hydrogens (tertiary/aromatic N) is 1. The predicted octanol–water partition coefficient (Wildman–Crippen LogP) is 1.75. The fourth-order valence-corrected chi connectivity index (χ4v) is 2.42. The van der Waals surface area contributed by atoms with Crippen molar-refractivity contribution >= 4 is 6.03 Å². The van der Waals surface area contributed by atoms with E-state index in [2.05, 4.69) is 12.2 Å². The Morgan fingerprint density at radius 1 is 1.38 bits per heavy atom. The number of ether oxygens (including phenoxy) is 1. The van der Waals surface area contributed by atoms with E-state index in [1.54, 1.807) is 0 Å². The number of likely N-dealkylation sites (tertiary alicyclic amines) is 1. The lowest BCUT2D eigenvalue weighted by Crippen LogP contribution is -2.55. The van der Waals surface area contributed by atoms with Crippen LogP contribution in [0.2, 0.25) is 0 Å². The van der Waals surface area contributed by atoms with E-state index in [1.807, 2.05) is 11.8 Å². The molecule has 0 bridgehead atoms. The molecular formula is C12H22N2O2. The number of urea groups is 1. The molecule has 0 radical (unpaired) electrons. The molecule has 0 saturated carbocycles. The number of piperidine rings is 1. The Kier molecular flexibility index (Phi) is 3.38. The zero-order valence-corrected chi connectivity index (χ0v) is 10.3. The minimum absolute atomic E-state index is 0.0829. The van der Waals surface area contributed by atoms with Gasteiger partial charge in [0.25, 0.3) is 0 Å². The molecule has 0 aromatic heterocycles. The van der Waals surface area contributed by atoms with Crippen LogP contribution in [0.4, 0.5) is 4.79 Å². The third-order valence-electron chi connectivity index (χ3n) is 3.92. The molecule has 0 spiro atoms. The molecule has 2 atom stereocenters. The van der Waals surface area contributed by atoms with Gasteiger partial charge in [0.1, 0.15) is 0 Å². The summed E-state index contributed by atoms with van der Waals surface area (Å²) in [4.78, 5) is 14.0. The van der Waals surface area contributed by atoms with Gasteiger partial charge in [-0.2, -0.15) is 0 Å². The smallest absolute Gasteiger partial charge is 0.317 e. The Labute approximate surface area is 97.3 Å². The number of hydrogen-bond donors (Lipinski definition) is 1. The maximum absolute atomic E-state index is 12.1. The van der Waals surface area contributed by atoms with E-state index in [0.717, 1.165) is 39.0 Å². The highest BCUT2D eigenvalue weighted by atomic mass is 16.5. The second kappa shape index (κ2) is 4.62. The Morgan fingerprint density at radius 2 is 2.06 bits per heavy atom. The van der Waals surface area contributed by atoms with Gasteiger partial charge in [-0.15, -0.1) is 0 Å². The zero-order valence-electron chi connectivity index (χ0n) is 10.3. The van der Waals surface area contributed by atoms with Crippen molar-refractivity contribution in [2.75, 3.05) is 19.7 Å². The summed E-state index contributed by atoms with van der Waals surface area (Å²) in [7, 11) is 0. The van der Waals surface area contributed by atoms with Crippen LogP contribution < -0.4 is 5.32 Å². The molecule has 92 valence electrons. The Hall–Kier alpha value is -0.770. The van der Waals surface area contributed by atoms with Gasteiger partial charge in [-0.3, -0.25) is 0 Å². The molecule has 2 saturated heterocycles. The highest BCUT2D eigenvalue weighted by Gasteiger charge is 2.39. The van der Waals surface area contributed by atoms with Crippen LogP contribution in [0.25, 0.3) is 0 Å². The van der Waals surface area contributed by atoms with Crippen LogP contribution in [0.1, 0.15) is 39.5 Å². The summed E-state index contributed by atoms with van der Waals surface area (Å²) in [5.41, 5.74) is -0.186. The first kappa shape index (κ1) is 11.7. The van der Waals surface area contributed by atoms with Gasteiger partial charge in [-0.1, -0.05) is 0 Å². The van der Waals surface area contributed by atoms with Crippen LogP contribution in [0.15, 0.2) is 0 Å². The molecular weight excluding hydrogens is 204 g/mol. The molecule has 0 aliphatic carbocycles. The number of carbonyl (C=O) groups is 1. The van der Waals surface area contributed by atoms with E-state index >= 15 is 0 Å². The van der Waals surface area contributed by atoms with Crippen molar-refractivity contribution in [3.63, 3.8) is 0 Å². The fourth-order valence-electron chi connectivity index (χ4n) is 2.42. The van der Waals surface area contributed by atoms with Gasteiger partial charge in [-0.05, 0) is 39.5 Å². The highest BCUT2D eigenvalue weighted by Crippen LogP contribution is 2.25. The topological polar surface area (TPSA) is 41.6 Å². The van der Waals surface area contributed by atoms with Crippen LogP contribution in [0, 0.1) is 0 Å². The average Bonchev–Trinajstić information content (AvgIpc) is 2.60. The van der Waals surface area contributed by atoms with Gasteiger partial charge in [0.2, 0.25) is 0 Å². The van der Waals surface area contributed by atoms with Gasteiger partial charge >= 0.3 is 6.03 Å². The molecule has 16 heavy (non-hydrogen) atoms. The standard InChI is InChI=1S/C12H22N2O2/c1-10-12(2,6-9-16-10)13-11(15)14-7-4-3-5-8-14/h10H,3-9H2,1-2H3,(H,13,15). The van der Waals surface area contributed by atoms with Crippen LogP contribution in [-0.4, -0.2) is 42.3 Å². The summed E-state index contributed by atoms with van der Waals surface area (Å²) in [6.07, 6.45) is 4.54. The molecule has 2 amide bonds. The first-order chi connectivity index (χ1) is 7.62. The molecule has 2 fully saturated rings. The Morgan fingerprint density at radius 3 is 2.62 bits per heavy atom. The lowest BCUT2D eigenvalue weighted by molar-refractivity contribution is 0.0873. The van der Waals surface area contributed by atoms with Crippen molar-refractivity contribution in [3.8, 4) is 0 Å². The highest BCUT2D eigenvalue weighted by molar-refractivity contribution is 5.75. The maximum Gasteiger partial charge on any atom is 0.317 e. The van der Waals surface area contributed by atoms with Crippen LogP contribution in [0.3, 0.4) is 0 Å². The van der Waals surface area contributed by atoms with E-state index in [9.17, 15) is 4.79 Å². The summed E-state index contributed by atoms with van der Waals surface area (Å²) < 4.78 is 5.52. The van der Waals surface area contributed by atoms with Crippen molar-refractivity contribution in [2.45, 2.75) is 51.2 Å². The first-order valence-electron chi connectivity index (χ1n) is 6.30. The predicted molar refractivity (Wildman–Crippen MR) is 62.4 cm³/mol. The molecule has 2 rings (SSSR count). The average molecular weight is 226 g/mol. The molecule has 0 aromatic rings. The molecule has 2 unspecified atom stereocenters. The summed E-state index contributed by atoms with van der Waals surface area (Å²) >= 11 is 0. The largest absolute Gasteiger partial charge is 0.376 e. The number of nitrogens with one attached hydrogen (secondary N) is 1. The van der Waals surface area contributed by atoms with Crippen LogP contribution in [-0.2, 0) is 4.74 Å². The Bertz CT molecular complexity index is 264. The minimum atomic E-state index is -0.186. The summed E-state index contributed by atoms with van der Waals surface area (Å²) in [5.74, 6) is 0. The van der Waals surface area contributed by atoms with Crippen LogP contribution in [0.5, 0.6) is 0 Å². The van der Waals surface area contributed by atoms with Crippen molar-refractivity contribution in [2.24, 2.45) is 0 Å². The van der Waals surface area contributed by atoms with Crippen molar-refractivity contribution in [3.05, 3.63) is 0 Å². The normalized spacial score (nSPS) is 35.1. The molecule has 4 heteroatoms. The van der Waals surface area contributed by atoms with Crippen molar-refractivity contribution in [1.82, 2.24) is 10.2 Å². The van der Waals surface area contributed by atoms with Gasteiger partial charge < -0.3 is 15.0 Å². The molecule has 4 nitrogen and oxygen atoms in total. The van der Waals surface area contributed by atoms with Gasteiger partial charge in [0, 0.05) is 19.7 Å². The van der Waals surface area contributed by atoms with E-state index < -0.39 is 0 Å². The number of hydrogen-bond acceptors (Lipinski definition) is 2. The summed E-state index contributed by atoms with van der Waals surface area (Å²) in [6, 6.07) is 0.0829. The fraction of sp³-hybridized carbons (Fsp3) is 0.917. The van der Waals surface area contributed by atoms with Crippen molar-refractivity contribution in [1.29, 1.82) is 0 Å².